The van der Waals surface area contributed by atoms with Crippen LogP contribution in [0.4, 0.5) is 0 Å². The van der Waals surface area contributed by atoms with Crippen molar-refractivity contribution in [2.75, 3.05) is 0 Å². The highest BCUT2D eigenvalue weighted by Crippen LogP contribution is 2.41. The molecule has 5 rings (SSSR count). The molecular weight excluding hydrogens is 432 g/mol. The molecule has 168 valence electrons. The Labute approximate surface area is 195 Å². The van der Waals surface area contributed by atoms with Crippen molar-refractivity contribution in [3.8, 4) is 11.5 Å². The van der Waals surface area contributed by atoms with Gasteiger partial charge < -0.3 is 19.2 Å². The van der Waals surface area contributed by atoms with Crippen molar-refractivity contribution in [1.29, 1.82) is 0 Å². The number of carbonyl (C=O) groups excluding carboxylic acids is 2. The van der Waals surface area contributed by atoms with Crippen LogP contribution in [0.1, 0.15) is 27.7 Å². The number of carbonyl (C=O) groups is 2. The van der Waals surface area contributed by atoms with Crippen molar-refractivity contribution in [2.24, 2.45) is 0 Å². The second kappa shape index (κ2) is 9.07. The van der Waals surface area contributed by atoms with Gasteiger partial charge >= 0.3 is 0 Å². The number of nitrogens with zero attached hydrogens (tertiary/aromatic N) is 2. The predicted octanol–water partition coefficient (Wildman–Crippen LogP) is 5.25. The highest BCUT2D eigenvalue weighted by Gasteiger charge is 2.44. The molecule has 0 unspecified atom stereocenters. The number of rotatable bonds is 7. The molecule has 1 N–H and O–H groups in total. The van der Waals surface area contributed by atoms with Crippen LogP contribution in [0, 0.1) is 0 Å². The van der Waals surface area contributed by atoms with Gasteiger partial charge in [0, 0.05) is 18.9 Å². The summed E-state index contributed by atoms with van der Waals surface area (Å²) < 4.78 is 11.2. The second-order valence-corrected chi connectivity index (χ2v) is 7.75. The fraction of sp³-hybridized carbons (Fsp3) is 0.0741. The molecule has 2 aromatic carbocycles. The molecular formula is C27H20N2O5. The van der Waals surface area contributed by atoms with Crippen LogP contribution in [0.3, 0.4) is 0 Å². The smallest absolute Gasteiger partial charge is 0.290 e. The lowest BCUT2D eigenvalue weighted by Crippen LogP contribution is -2.30. The number of hydrogen-bond donors (Lipinski definition) is 1. The van der Waals surface area contributed by atoms with E-state index in [0.717, 1.165) is 5.56 Å². The Bertz CT molecular complexity index is 1350. The maximum Gasteiger partial charge on any atom is 0.290 e. The summed E-state index contributed by atoms with van der Waals surface area (Å²) in [6.45, 7) is 0.153. The number of ketones is 1. The van der Waals surface area contributed by atoms with Crippen LogP contribution in [0.2, 0.25) is 0 Å². The molecule has 0 fully saturated rings. The molecule has 0 bridgehead atoms. The lowest BCUT2D eigenvalue weighted by molar-refractivity contribution is -0.130. The molecule has 1 aliphatic rings. The quantitative estimate of drug-likeness (QED) is 0.385. The number of aliphatic hydroxyl groups excluding tert-OH is 1. The van der Waals surface area contributed by atoms with Crippen molar-refractivity contribution < 1.29 is 23.8 Å². The first kappa shape index (κ1) is 21.2. The fourth-order valence-corrected chi connectivity index (χ4v) is 4.00. The summed E-state index contributed by atoms with van der Waals surface area (Å²) in [5, 5.41) is 10.8. The Morgan fingerprint density at radius 1 is 1.00 bits per heavy atom. The summed E-state index contributed by atoms with van der Waals surface area (Å²) in [5.74, 6) is -0.556. The molecule has 1 aliphatic heterocycles. The zero-order chi connectivity index (χ0) is 23.5. The molecule has 3 heterocycles. The molecule has 0 aliphatic carbocycles. The minimum absolute atomic E-state index is 0.0410. The van der Waals surface area contributed by atoms with E-state index < -0.39 is 23.5 Å². The van der Waals surface area contributed by atoms with Gasteiger partial charge in [-0.05, 0) is 53.6 Å². The van der Waals surface area contributed by atoms with E-state index in [1.165, 1.54) is 17.2 Å². The zero-order valence-electron chi connectivity index (χ0n) is 18.0. The number of ether oxygens (including phenoxy) is 1. The largest absolute Gasteiger partial charge is 0.503 e. The van der Waals surface area contributed by atoms with Crippen LogP contribution in [0.5, 0.6) is 11.5 Å². The molecule has 1 atom stereocenters. The van der Waals surface area contributed by atoms with Crippen molar-refractivity contribution in [2.45, 2.75) is 12.6 Å². The molecule has 2 aromatic heterocycles. The number of hydrogen-bond acceptors (Lipinski definition) is 6. The van der Waals surface area contributed by atoms with E-state index >= 15 is 0 Å². The SMILES string of the molecule is O=C(C1=C(O)C(=O)N(Cc2cccnc2)[C@@H]1c1cccc(Oc2ccccc2)c1)c1ccco1. The fourth-order valence-electron chi connectivity index (χ4n) is 4.00. The second-order valence-electron chi connectivity index (χ2n) is 7.75. The maximum absolute atomic E-state index is 13.3. The van der Waals surface area contributed by atoms with Crippen LogP contribution in [-0.2, 0) is 11.3 Å². The topological polar surface area (TPSA) is 92.9 Å². The van der Waals surface area contributed by atoms with Crippen LogP contribution >= 0.6 is 0 Å². The van der Waals surface area contributed by atoms with Crippen molar-refractivity contribution in [3.05, 3.63) is 126 Å². The van der Waals surface area contributed by atoms with Gasteiger partial charge in [0.05, 0.1) is 17.9 Å². The van der Waals surface area contributed by atoms with E-state index in [-0.39, 0.29) is 17.9 Å². The highest BCUT2D eigenvalue weighted by molar-refractivity contribution is 6.15. The first-order valence-corrected chi connectivity index (χ1v) is 10.7. The summed E-state index contributed by atoms with van der Waals surface area (Å²) in [7, 11) is 0. The highest BCUT2D eigenvalue weighted by atomic mass is 16.5. The van der Waals surface area contributed by atoms with Gasteiger partial charge in [-0.2, -0.15) is 0 Å². The van der Waals surface area contributed by atoms with E-state index in [1.807, 2.05) is 36.4 Å². The Kier molecular flexibility index (Phi) is 5.66. The summed E-state index contributed by atoms with van der Waals surface area (Å²) in [6, 6.07) is 22.2. The first-order chi connectivity index (χ1) is 16.6. The number of para-hydroxylation sites is 1. The third-order valence-corrected chi connectivity index (χ3v) is 5.52. The Hall–Kier alpha value is -4.65. The third kappa shape index (κ3) is 4.06. The van der Waals surface area contributed by atoms with E-state index in [4.69, 9.17) is 9.15 Å². The molecule has 0 saturated carbocycles. The lowest BCUT2D eigenvalue weighted by Gasteiger charge is -2.27. The molecule has 34 heavy (non-hydrogen) atoms. The van der Waals surface area contributed by atoms with Crippen LogP contribution in [0.25, 0.3) is 0 Å². The predicted molar refractivity (Wildman–Crippen MR) is 123 cm³/mol. The van der Waals surface area contributed by atoms with Crippen LogP contribution in [0.15, 0.2) is 113 Å². The summed E-state index contributed by atoms with van der Waals surface area (Å²) in [5.41, 5.74) is 1.34. The minimum atomic E-state index is -0.843. The molecule has 7 nitrogen and oxygen atoms in total. The Morgan fingerprint density at radius 3 is 2.56 bits per heavy atom. The number of benzene rings is 2. The Morgan fingerprint density at radius 2 is 1.82 bits per heavy atom. The van der Waals surface area contributed by atoms with Crippen molar-refractivity contribution in [1.82, 2.24) is 9.88 Å². The van der Waals surface area contributed by atoms with Gasteiger partial charge in [0.25, 0.3) is 5.91 Å². The maximum atomic E-state index is 13.3. The number of aliphatic hydroxyl groups is 1. The van der Waals surface area contributed by atoms with Gasteiger partial charge in [-0.25, -0.2) is 0 Å². The van der Waals surface area contributed by atoms with Gasteiger partial charge in [-0.3, -0.25) is 14.6 Å². The number of furan rings is 1. The standard InChI is InChI=1S/C27H20N2O5/c30-25(22-12-6-14-33-22)23-24(29(27(32)26(23)31)17-18-7-5-13-28-16-18)19-8-4-11-21(15-19)34-20-9-2-1-3-10-20/h1-16,24,31H,17H2/t24-/m1/s1. The number of Topliss-reactive ketones (excluding diaryl/α,β-unsaturated/α-hetero) is 1. The zero-order valence-corrected chi connectivity index (χ0v) is 18.0. The first-order valence-electron chi connectivity index (χ1n) is 10.7. The normalized spacial score (nSPS) is 15.6. The van der Waals surface area contributed by atoms with E-state index in [2.05, 4.69) is 4.98 Å². The number of amides is 1. The van der Waals surface area contributed by atoms with Gasteiger partial charge in [-0.1, -0.05) is 36.4 Å². The summed E-state index contributed by atoms with van der Waals surface area (Å²) >= 11 is 0. The van der Waals surface area contributed by atoms with Crippen LogP contribution in [-0.4, -0.2) is 26.7 Å². The summed E-state index contributed by atoms with van der Waals surface area (Å²) in [4.78, 5) is 32.0. The third-order valence-electron chi connectivity index (χ3n) is 5.52. The molecule has 0 spiro atoms. The van der Waals surface area contributed by atoms with E-state index in [9.17, 15) is 14.7 Å². The molecule has 0 saturated heterocycles. The summed E-state index contributed by atoms with van der Waals surface area (Å²) in [6.07, 6.45) is 4.65. The van der Waals surface area contributed by atoms with Crippen molar-refractivity contribution in [3.63, 3.8) is 0 Å². The minimum Gasteiger partial charge on any atom is -0.503 e. The van der Waals surface area contributed by atoms with Crippen LogP contribution < -0.4 is 4.74 Å². The average molecular weight is 452 g/mol. The van der Waals surface area contributed by atoms with E-state index in [0.29, 0.717) is 17.1 Å². The van der Waals surface area contributed by atoms with Gasteiger partial charge in [0.1, 0.15) is 11.5 Å². The number of aromatic nitrogens is 1. The Balaban J connectivity index is 1.56. The molecule has 7 heteroatoms. The number of pyridine rings is 1. The van der Waals surface area contributed by atoms with Gasteiger partial charge in [0.2, 0.25) is 5.78 Å². The molecule has 1 amide bonds. The molecule has 0 radical (unpaired) electrons. The van der Waals surface area contributed by atoms with E-state index in [1.54, 1.807) is 48.8 Å². The van der Waals surface area contributed by atoms with Crippen molar-refractivity contribution >= 4 is 11.7 Å². The monoisotopic (exact) mass is 452 g/mol. The average Bonchev–Trinajstić information content (AvgIpc) is 3.49. The van der Waals surface area contributed by atoms with Gasteiger partial charge in [0.15, 0.2) is 11.5 Å². The van der Waals surface area contributed by atoms with Gasteiger partial charge in [-0.15, -0.1) is 0 Å². The molecule has 4 aromatic rings. The lowest BCUT2D eigenvalue weighted by atomic mass is 9.94.